The fourth-order valence-corrected chi connectivity index (χ4v) is 2.26. The standard InChI is InChI=1S/C13H15N3OS/c1-8-3-4-10(5-11(8)14)13(17)15-6-12-9(2)16-7-18-12/h3-5,7H,6,14H2,1-2H3,(H,15,17). The highest BCUT2D eigenvalue weighted by Gasteiger charge is 2.08. The summed E-state index contributed by atoms with van der Waals surface area (Å²) in [6.45, 7) is 4.35. The van der Waals surface area contributed by atoms with Crippen molar-refractivity contribution in [2.24, 2.45) is 0 Å². The number of amides is 1. The number of nitrogens with zero attached hydrogens (tertiary/aromatic N) is 1. The SMILES string of the molecule is Cc1ccc(C(=O)NCc2scnc2C)cc1N. The Kier molecular flexibility index (Phi) is 3.62. The normalized spacial score (nSPS) is 10.3. The number of hydrogen-bond donors (Lipinski definition) is 2. The van der Waals surface area contributed by atoms with E-state index in [4.69, 9.17) is 5.73 Å². The number of hydrogen-bond acceptors (Lipinski definition) is 4. The molecule has 0 aliphatic heterocycles. The molecule has 0 atom stereocenters. The molecule has 2 rings (SSSR count). The lowest BCUT2D eigenvalue weighted by Crippen LogP contribution is -2.22. The summed E-state index contributed by atoms with van der Waals surface area (Å²) in [6.07, 6.45) is 0. The van der Waals surface area contributed by atoms with E-state index in [1.165, 1.54) is 0 Å². The number of benzene rings is 1. The molecule has 0 unspecified atom stereocenters. The average Bonchev–Trinajstić information content (AvgIpc) is 2.75. The minimum atomic E-state index is -0.116. The van der Waals surface area contributed by atoms with Gasteiger partial charge in [0.15, 0.2) is 0 Å². The van der Waals surface area contributed by atoms with Crippen LogP contribution in [0.2, 0.25) is 0 Å². The molecule has 5 heteroatoms. The Balaban J connectivity index is 2.04. The predicted molar refractivity (Wildman–Crippen MR) is 73.6 cm³/mol. The molecule has 1 heterocycles. The number of nitrogen functional groups attached to an aromatic ring is 1. The van der Waals surface area contributed by atoms with Gasteiger partial charge in [0.1, 0.15) is 0 Å². The van der Waals surface area contributed by atoms with Gasteiger partial charge in [-0.3, -0.25) is 4.79 Å². The molecule has 4 nitrogen and oxygen atoms in total. The highest BCUT2D eigenvalue weighted by molar-refractivity contribution is 7.09. The number of rotatable bonds is 3. The van der Waals surface area contributed by atoms with Crippen molar-refractivity contribution in [3.05, 3.63) is 45.4 Å². The Bertz CT molecular complexity index is 577. The van der Waals surface area contributed by atoms with Crippen LogP contribution in [0, 0.1) is 13.8 Å². The number of nitrogens with one attached hydrogen (secondary N) is 1. The van der Waals surface area contributed by atoms with Gasteiger partial charge >= 0.3 is 0 Å². The molecular weight excluding hydrogens is 246 g/mol. The monoisotopic (exact) mass is 261 g/mol. The van der Waals surface area contributed by atoms with E-state index in [1.54, 1.807) is 29.0 Å². The summed E-state index contributed by atoms with van der Waals surface area (Å²) in [6, 6.07) is 5.33. The van der Waals surface area contributed by atoms with Crippen LogP contribution >= 0.6 is 11.3 Å². The first-order valence-electron chi connectivity index (χ1n) is 5.61. The molecule has 0 saturated carbocycles. The second-order valence-electron chi connectivity index (χ2n) is 4.11. The Hall–Kier alpha value is -1.88. The van der Waals surface area contributed by atoms with Crippen LogP contribution in [0.4, 0.5) is 5.69 Å². The van der Waals surface area contributed by atoms with Crippen molar-refractivity contribution in [1.82, 2.24) is 10.3 Å². The first-order chi connectivity index (χ1) is 8.58. The second-order valence-corrected chi connectivity index (χ2v) is 5.05. The highest BCUT2D eigenvalue weighted by Crippen LogP contribution is 2.14. The van der Waals surface area contributed by atoms with E-state index in [-0.39, 0.29) is 5.91 Å². The number of aromatic nitrogens is 1. The van der Waals surface area contributed by atoms with Crippen molar-refractivity contribution in [3.8, 4) is 0 Å². The van der Waals surface area contributed by atoms with Gasteiger partial charge in [0.25, 0.3) is 5.91 Å². The first kappa shape index (κ1) is 12.6. The molecular formula is C13H15N3OS. The van der Waals surface area contributed by atoms with Gasteiger partial charge in [-0.2, -0.15) is 0 Å². The summed E-state index contributed by atoms with van der Waals surface area (Å²) in [5.41, 5.74) is 10.7. The van der Waals surface area contributed by atoms with Gasteiger partial charge in [0.2, 0.25) is 0 Å². The van der Waals surface area contributed by atoms with Crippen molar-refractivity contribution in [2.75, 3.05) is 5.73 Å². The first-order valence-corrected chi connectivity index (χ1v) is 6.49. The second kappa shape index (κ2) is 5.18. The lowest BCUT2D eigenvalue weighted by atomic mass is 10.1. The molecule has 94 valence electrons. The Labute approximate surface area is 110 Å². The lowest BCUT2D eigenvalue weighted by Gasteiger charge is -2.06. The molecule has 3 N–H and O–H groups in total. The molecule has 1 aromatic carbocycles. The molecule has 0 saturated heterocycles. The number of thiazole rings is 1. The van der Waals surface area contributed by atoms with Crippen molar-refractivity contribution in [2.45, 2.75) is 20.4 Å². The quantitative estimate of drug-likeness (QED) is 0.833. The van der Waals surface area contributed by atoms with Crippen molar-refractivity contribution < 1.29 is 4.79 Å². The van der Waals surface area contributed by atoms with Crippen LogP contribution in [0.25, 0.3) is 0 Å². The smallest absolute Gasteiger partial charge is 0.251 e. The summed E-state index contributed by atoms with van der Waals surface area (Å²) in [5, 5.41) is 2.86. The molecule has 0 aliphatic rings. The van der Waals surface area contributed by atoms with Crippen LogP contribution in [-0.2, 0) is 6.54 Å². The lowest BCUT2D eigenvalue weighted by molar-refractivity contribution is 0.0951. The number of carbonyl (C=O) groups is 1. The molecule has 1 amide bonds. The van der Waals surface area contributed by atoms with Crippen LogP contribution < -0.4 is 11.1 Å². The molecule has 2 aromatic rings. The molecule has 0 bridgehead atoms. The van der Waals surface area contributed by atoms with E-state index < -0.39 is 0 Å². The van der Waals surface area contributed by atoms with E-state index >= 15 is 0 Å². The third-order valence-electron chi connectivity index (χ3n) is 2.80. The minimum absolute atomic E-state index is 0.116. The molecule has 18 heavy (non-hydrogen) atoms. The summed E-state index contributed by atoms with van der Waals surface area (Å²) in [7, 11) is 0. The van der Waals surface area contributed by atoms with E-state index in [9.17, 15) is 4.79 Å². The number of carbonyl (C=O) groups excluding carboxylic acids is 1. The molecule has 0 radical (unpaired) electrons. The zero-order valence-electron chi connectivity index (χ0n) is 10.4. The van der Waals surface area contributed by atoms with Gasteiger partial charge in [-0.15, -0.1) is 11.3 Å². The minimum Gasteiger partial charge on any atom is -0.398 e. The Morgan fingerprint density at radius 2 is 2.22 bits per heavy atom. The maximum absolute atomic E-state index is 11.9. The van der Waals surface area contributed by atoms with E-state index in [0.717, 1.165) is 16.1 Å². The summed E-state index contributed by atoms with van der Waals surface area (Å²) in [5.74, 6) is -0.116. The van der Waals surface area contributed by atoms with Crippen LogP contribution in [0.15, 0.2) is 23.7 Å². The topological polar surface area (TPSA) is 68.0 Å². The molecule has 0 aliphatic carbocycles. The zero-order chi connectivity index (χ0) is 13.1. The van der Waals surface area contributed by atoms with E-state index in [1.807, 2.05) is 19.9 Å². The van der Waals surface area contributed by atoms with Gasteiger partial charge < -0.3 is 11.1 Å². The fourth-order valence-electron chi connectivity index (χ4n) is 1.54. The van der Waals surface area contributed by atoms with Crippen molar-refractivity contribution >= 4 is 22.9 Å². The summed E-state index contributed by atoms with van der Waals surface area (Å²) in [4.78, 5) is 17.1. The van der Waals surface area contributed by atoms with Crippen molar-refractivity contribution in [3.63, 3.8) is 0 Å². The van der Waals surface area contributed by atoms with Gasteiger partial charge in [-0.25, -0.2) is 4.98 Å². The fraction of sp³-hybridized carbons (Fsp3) is 0.231. The Morgan fingerprint density at radius 1 is 1.44 bits per heavy atom. The van der Waals surface area contributed by atoms with Gasteiger partial charge in [-0.1, -0.05) is 6.07 Å². The number of nitrogens with two attached hydrogens (primary N) is 1. The predicted octanol–water partition coefficient (Wildman–Crippen LogP) is 2.27. The molecule has 0 spiro atoms. The maximum Gasteiger partial charge on any atom is 0.251 e. The van der Waals surface area contributed by atoms with E-state index in [2.05, 4.69) is 10.3 Å². The number of anilines is 1. The van der Waals surface area contributed by atoms with Crippen LogP contribution in [0.3, 0.4) is 0 Å². The van der Waals surface area contributed by atoms with Gasteiger partial charge in [-0.05, 0) is 31.5 Å². The zero-order valence-corrected chi connectivity index (χ0v) is 11.2. The summed E-state index contributed by atoms with van der Waals surface area (Å²) >= 11 is 1.54. The maximum atomic E-state index is 11.9. The molecule has 0 fully saturated rings. The van der Waals surface area contributed by atoms with Crippen LogP contribution in [0.5, 0.6) is 0 Å². The molecule has 1 aromatic heterocycles. The third kappa shape index (κ3) is 2.68. The van der Waals surface area contributed by atoms with E-state index in [0.29, 0.717) is 17.8 Å². The van der Waals surface area contributed by atoms with Gasteiger partial charge in [0, 0.05) is 16.1 Å². The number of aryl methyl sites for hydroxylation is 2. The van der Waals surface area contributed by atoms with Crippen LogP contribution in [-0.4, -0.2) is 10.9 Å². The third-order valence-corrected chi connectivity index (χ3v) is 3.73. The Morgan fingerprint density at radius 3 is 2.83 bits per heavy atom. The van der Waals surface area contributed by atoms with Crippen LogP contribution in [0.1, 0.15) is 26.5 Å². The average molecular weight is 261 g/mol. The highest BCUT2D eigenvalue weighted by atomic mass is 32.1. The van der Waals surface area contributed by atoms with Gasteiger partial charge in [0.05, 0.1) is 17.7 Å². The largest absolute Gasteiger partial charge is 0.398 e. The van der Waals surface area contributed by atoms with Crippen molar-refractivity contribution in [1.29, 1.82) is 0 Å². The summed E-state index contributed by atoms with van der Waals surface area (Å²) < 4.78 is 0.